The highest BCUT2D eigenvalue weighted by Gasteiger charge is 2.24. The molecule has 1 aliphatic rings. The zero-order chi connectivity index (χ0) is 25.0. The van der Waals surface area contributed by atoms with Gasteiger partial charge in [0.15, 0.2) is 11.4 Å². The zero-order valence-electron chi connectivity index (χ0n) is 21.1. The number of ether oxygens (including phenoxy) is 1. The molecule has 4 rings (SSSR count). The third kappa shape index (κ3) is 6.18. The van der Waals surface area contributed by atoms with Gasteiger partial charge in [-0.15, -0.1) is 0 Å². The normalized spacial score (nSPS) is 14.7. The van der Waals surface area contributed by atoms with Crippen LogP contribution < -0.4 is 9.64 Å². The van der Waals surface area contributed by atoms with Crippen LogP contribution in [0.1, 0.15) is 66.7 Å². The lowest BCUT2D eigenvalue weighted by atomic mass is 9.87. The van der Waals surface area contributed by atoms with Crippen LogP contribution in [0, 0.1) is 12.8 Å². The molecule has 0 unspecified atom stereocenters. The minimum absolute atomic E-state index is 0.0557. The molecule has 2 heterocycles. The Labute approximate surface area is 208 Å². The number of hydrogen-bond acceptors (Lipinski definition) is 5. The Morgan fingerprint density at radius 3 is 2.29 bits per heavy atom. The van der Waals surface area contributed by atoms with Crippen molar-refractivity contribution < 1.29 is 14.6 Å². The first kappa shape index (κ1) is 24.7. The van der Waals surface area contributed by atoms with Crippen molar-refractivity contribution in [3.63, 3.8) is 0 Å². The van der Waals surface area contributed by atoms with E-state index in [1.807, 2.05) is 30.3 Å². The summed E-state index contributed by atoms with van der Waals surface area (Å²) in [6, 6.07) is 18.6. The number of nitrogens with zero attached hydrogens (tertiary/aromatic N) is 3. The number of aryl methyl sites for hydroxylation is 1. The molecule has 0 amide bonds. The van der Waals surface area contributed by atoms with E-state index in [2.05, 4.69) is 59.9 Å². The quantitative estimate of drug-likeness (QED) is 0.466. The summed E-state index contributed by atoms with van der Waals surface area (Å²) in [5.74, 6) is 0.170. The van der Waals surface area contributed by atoms with E-state index in [1.165, 1.54) is 11.3 Å². The topological polar surface area (TPSA) is 75.6 Å². The minimum atomic E-state index is -1.09. The lowest BCUT2D eigenvalue weighted by molar-refractivity contribution is 0.0683. The number of carboxylic acids is 1. The monoisotopic (exact) mass is 473 g/mol. The number of hydrogen-bond donors (Lipinski definition) is 1. The van der Waals surface area contributed by atoms with Crippen molar-refractivity contribution in [1.29, 1.82) is 0 Å². The smallest absolute Gasteiger partial charge is 0.358 e. The van der Waals surface area contributed by atoms with Gasteiger partial charge in [-0.05, 0) is 54.4 Å². The number of rotatable bonds is 7. The standard InChI is InChI=1S/C29H35N3O3/c1-20-27(35-19-22-8-6-5-7-9-22)26(28(33)34)31-25(30-20)18-21-14-16-32(17-15-21)24-12-10-23(11-13-24)29(2,3)4/h5-13,21H,14-19H2,1-4H3,(H,33,34). The van der Waals surface area contributed by atoms with Crippen LogP contribution in [0.15, 0.2) is 54.6 Å². The van der Waals surface area contributed by atoms with E-state index in [-0.39, 0.29) is 23.5 Å². The van der Waals surface area contributed by atoms with Gasteiger partial charge in [-0.2, -0.15) is 0 Å². The maximum atomic E-state index is 11.9. The number of piperidine rings is 1. The van der Waals surface area contributed by atoms with Gasteiger partial charge < -0.3 is 14.7 Å². The maximum absolute atomic E-state index is 11.9. The fourth-order valence-electron chi connectivity index (χ4n) is 4.59. The summed E-state index contributed by atoms with van der Waals surface area (Å²) in [5.41, 5.74) is 4.23. The van der Waals surface area contributed by atoms with Crippen molar-refractivity contribution in [2.45, 2.75) is 59.0 Å². The van der Waals surface area contributed by atoms with Crippen LogP contribution in [-0.2, 0) is 18.4 Å². The highest BCUT2D eigenvalue weighted by Crippen LogP contribution is 2.29. The number of aromatic carboxylic acids is 1. The first-order valence-electron chi connectivity index (χ1n) is 12.3. The van der Waals surface area contributed by atoms with Gasteiger partial charge in [0.2, 0.25) is 0 Å². The van der Waals surface area contributed by atoms with Crippen LogP contribution in [0.4, 0.5) is 5.69 Å². The SMILES string of the molecule is Cc1nc(CC2CCN(c3ccc(C(C)(C)C)cc3)CC2)nc(C(=O)O)c1OCc1ccccc1. The van der Waals surface area contributed by atoms with E-state index >= 15 is 0 Å². The van der Waals surface area contributed by atoms with Gasteiger partial charge in [-0.1, -0.05) is 63.2 Å². The Kier molecular flexibility index (Phi) is 7.39. The maximum Gasteiger partial charge on any atom is 0.358 e. The van der Waals surface area contributed by atoms with E-state index in [4.69, 9.17) is 4.74 Å². The van der Waals surface area contributed by atoms with Gasteiger partial charge in [0, 0.05) is 25.2 Å². The molecule has 1 N–H and O–H groups in total. The van der Waals surface area contributed by atoms with E-state index in [1.54, 1.807) is 6.92 Å². The average molecular weight is 474 g/mol. The molecule has 0 spiro atoms. The molecule has 6 heteroatoms. The first-order chi connectivity index (χ1) is 16.7. The summed E-state index contributed by atoms with van der Waals surface area (Å²) in [6.45, 7) is 10.7. The highest BCUT2D eigenvalue weighted by molar-refractivity contribution is 5.88. The molecule has 6 nitrogen and oxygen atoms in total. The molecular formula is C29H35N3O3. The Morgan fingerprint density at radius 2 is 1.69 bits per heavy atom. The molecule has 1 aliphatic heterocycles. The second-order valence-corrected chi connectivity index (χ2v) is 10.4. The molecule has 184 valence electrons. The predicted octanol–water partition coefficient (Wildman–Crippen LogP) is 5.82. The summed E-state index contributed by atoms with van der Waals surface area (Å²) in [4.78, 5) is 23.4. The molecule has 35 heavy (non-hydrogen) atoms. The van der Waals surface area contributed by atoms with Crippen LogP contribution >= 0.6 is 0 Å². The number of carboxylic acid groups (broad SMARTS) is 1. The van der Waals surface area contributed by atoms with Crippen molar-refractivity contribution in [2.75, 3.05) is 18.0 Å². The molecule has 2 aromatic carbocycles. The van der Waals surface area contributed by atoms with Gasteiger partial charge in [0.25, 0.3) is 0 Å². The molecule has 1 saturated heterocycles. The van der Waals surface area contributed by atoms with E-state index in [0.29, 0.717) is 23.9 Å². The Bertz CT molecular complexity index is 1150. The summed E-state index contributed by atoms with van der Waals surface area (Å²) >= 11 is 0. The summed E-state index contributed by atoms with van der Waals surface area (Å²) in [6.07, 6.45) is 2.73. The molecule has 3 aromatic rings. The molecule has 0 saturated carbocycles. The van der Waals surface area contributed by atoms with Crippen LogP contribution in [0.3, 0.4) is 0 Å². The second-order valence-electron chi connectivity index (χ2n) is 10.4. The van der Waals surface area contributed by atoms with E-state index in [9.17, 15) is 9.90 Å². The molecule has 1 fully saturated rings. The lowest BCUT2D eigenvalue weighted by Crippen LogP contribution is -2.34. The van der Waals surface area contributed by atoms with E-state index < -0.39 is 5.97 Å². The summed E-state index contributed by atoms with van der Waals surface area (Å²) < 4.78 is 5.84. The molecule has 0 bridgehead atoms. The Hall–Kier alpha value is -3.41. The number of benzene rings is 2. The second kappa shape index (κ2) is 10.5. The first-order valence-corrected chi connectivity index (χ1v) is 12.3. The molecule has 0 atom stereocenters. The predicted molar refractivity (Wildman–Crippen MR) is 138 cm³/mol. The molecule has 1 aromatic heterocycles. The minimum Gasteiger partial charge on any atom is -0.484 e. The number of anilines is 1. The van der Waals surface area contributed by atoms with E-state index in [0.717, 1.165) is 31.5 Å². The van der Waals surface area contributed by atoms with Crippen LogP contribution in [0.5, 0.6) is 5.75 Å². The van der Waals surface area contributed by atoms with Crippen molar-refractivity contribution >= 4 is 11.7 Å². The third-order valence-electron chi connectivity index (χ3n) is 6.69. The summed E-state index contributed by atoms with van der Waals surface area (Å²) in [5, 5.41) is 9.77. The van der Waals surface area contributed by atoms with Gasteiger partial charge in [0.1, 0.15) is 12.4 Å². The Morgan fingerprint density at radius 1 is 1.03 bits per heavy atom. The largest absolute Gasteiger partial charge is 0.484 e. The lowest BCUT2D eigenvalue weighted by Gasteiger charge is -2.34. The molecule has 0 radical (unpaired) electrons. The van der Waals surface area contributed by atoms with Crippen molar-refractivity contribution in [2.24, 2.45) is 5.92 Å². The highest BCUT2D eigenvalue weighted by atomic mass is 16.5. The van der Waals surface area contributed by atoms with Gasteiger partial charge in [0.05, 0.1) is 5.69 Å². The Balaban J connectivity index is 1.39. The number of aromatic nitrogens is 2. The van der Waals surface area contributed by atoms with Crippen molar-refractivity contribution in [3.8, 4) is 5.75 Å². The van der Waals surface area contributed by atoms with Crippen LogP contribution in [0.25, 0.3) is 0 Å². The van der Waals surface area contributed by atoms with Crippen molar-refractivity contribution in [1.82, 2.24) is 9.97 Å². The average Bonchev–Trinajstić information content (AvgIpc) is 2.84. The zero-order valence-corrected chi connectivity index (χ0v) is 21.1. The number of carbonyl (C=O) groups is 1. The van der Waals surface area contributed by atoms with Gasteiger partial charge in [-0.25, -0.2) is 14.8 Å². The van der Waals surface area contributed by atoms with Crippen LogP contribution in [0.2, 0.25) is 0 Å². The van der Waals surface area contributed by atoms with Gasteiger partial charge in [-0.3, -0.25) is 0 Å². The molecular weight excluding hydrogens is 438 g/mol. The fourth-order valence-corrected chi connectivity index (χ4v) is 4.59. The fraction of sp³-hybridized carbons (Fsp3) is 0.414. The summed E-state index contributed by atoms with van der Waals surface area (Å²) in [7, 11) is 0. The third-order valence-corrected chi connectivity index (χ3v) is 6.69. The molecule has 0 aliphatic carbocycles. The van der Waals surface area contributed by atoms with Crippen molar-refractivity contribution in [3.05, 3.63) is 82.9 Å². The van der Waals surface area contributed by atoms with Gasteiger partial charge >= 0.3 is 5.97 Å². The van der Waals surface area contributed by atoms with Crippen LogP contribution in [-0.4, -0.2) is 34.1 Å².